The Kier molecular flexibility index (Phi) is 3.88. The third-order valence-electron chi connectivity index (χ3n) is 2.82. The topological polar surface area (TPSA) is 93.2 Å². The molecule has 2 rings (SSSR count). The number of halogens is 1. The van der Waals surface area contributed by atoms with Crippen LogP contribution >= 0.6 is 0 Å². The van der Waals surface area contributed by atoms with Gasteiger partial charge in [-0.15, -0.1) is 0 Å². The zero-order valence-electron chi connectivity index (χ0n) is 10.9. The van der Waals surface area contributed by atoms with Gasteiger partial charge in [-0.05, 0) is 19.1 Å². The molecule has 0 aliphatic rings. The molecule has 2 aromatic rings. The van der Waals surface area contributed by atoms with E-state index < -0.39 is 17.3 Å². The molecule has 1 unspecified atom stereocenters. The number of imidazole rings is 1. The average Bonchev–Trinajstić information content (AvgIpc) is 2.85. The normalized spacial score (nSPS) is 12.1. The second kappa shape index (κ2) is 5.60. The summed E-state index contributed by atoms with van der Waals surface area (Å²) in [4.78, 5) is 14.7. The number of hydrogen-bond donors (Lipinski definition) is 3. The van der Waals surface area contributed by atoms with Crippen LogP contribution < -0.4 is 11.1 Å². The van der Waals surface area contributed by atoms with Crippen LogP contribution in [0.15, 0.2) is 30.9 Å². The molecule has 0 amide bonds. The minimum absolute atomic E-state index is 0.0263. The lowest BCUT2D eigenvalue weighted by molar-refractivity contribution is 0.0692. The van der Waals surface area contributed by atoms with Crippen LogP contribution in [0.5, 0.6) is 0 Å². The van der Waals surface area contributed by atoms with Crippen molar-refractivity contribution in [2.45, 2.75) is 19.5 Å². The van der Waals surface area contributed by atoms with Crippen LogP contribution in [0.4, 0.5) is 15.8 Å². The molecular formula is C13H15FN4O2. The number of carboxylic acids is 1. The fraction of sp³-hybridized carbons (Fsp3) is 0.231. The molecule has 0 spiro atoms. The first-order chi connectivity index (χ1) is 9.47. The first-order valence-electron chi connectivity index (χ1n) is 6.02. The molecule has 6 nitrogen and oxygen atoms in total. The van der Waals surface area contributed by atoms with Crippen molar-refractivity contribution in [2.75, 3.05) is 11.1 Å². The van der Waals surface area contributed by atoms with Crippen molar-refractivity contribution in [1.29, 1.82) is 0 Å². The number of nitrogens with two attached hydrogens (primary N) is 1. The van der Waals surface area contributed by atoms with Gasteiger partial charge in [0.25, 0.3) is 0 Å². The molecule has 7 heteroatoms. The number of rotatable bonds is 5. The lowest BCUT2D eigenvalue weighted by Gasteiger charge is -2.17. The van der Waals surface area contributed by atoms with E-state index in [9.17, 15) is 9.18 Å². The third kappa shape index (κ3) is 3.05. The Morgan fingerprint density at radius 3 is 2.95 bits per heavy atom. The summed E-state index contributed by atoms with van der Waals surface area (Å²) in [6.45, 7) is 2.53. The minimum atomic E-state index is -1.34. The number of hydrogen-bond acceptors (Lipinski definition) is 4. The van der Waals surface area contributed by atoms with E-state index in [0.29, 0.717) is 12.2 Å². The van der Waals surface area contributed by atoms with Gasteiger partial charge in [0.2, 0.25) is 0 Å². The quantitative estimate of drug-likeness (QED) is 0.725. The predicted octanol–water partition coefficient (Wildman–Crippen LogP) is 1.80. The first kappa shape index (κ1) is 13.9. The number of carbonyl (C=O) groups is 1. The Hall–Kier alpha value is -2.57. The molecule has 0 fully saturated rings. The molecule has 106 valence electrons. The molecule has 0 radical (unpaired) electrons. The summed E-state index contributed by atoms with van der Waals surface area (Å²) >= 11 is 0. The molecule has 0 bridgehead atoms. The number of anilines is 2. The summed E-state index contributed by atoms with van der Waals surface area (Å²) in [7, 11) is 0. The maximum Gasteiger partial charge on any atom is 0.338 e. The van der Waals surface area contributed by atoms with Crippen molar-refractivity contribution in [3.05, 3.63) is 42.2 Å². The minimum Gasteiger partial charge on any atom is -0.478 e. The van der Waals surface area contributed by atoms with E-state index in [2.05, 4.69) is 10.3 Å². The van der Waals surface area contributed by atoms with Crippen LogP contribution in [0.1, 0.15) is 17.3 Å². The Balaban J connectivity index is 2.13. The summed E-state index contributed by atoms with van der Waals surface area (Å²) in [6, 6.07) is 2.19. The van der Waals surface area contributed by atoms with Crippen molar-refractivity contribution >= 4 is 17.3 Å². The van der Waals surface area contributed by atoms with Gasteiger partial charge in [-0.3, -0.25) is 0 Å². The van der Waals surface area contributed by atoms with E-state index in [1.54, 1.807) is 12.5 Å². The van der Waals surface area contributed by atoms with Gasteiger partial charge in [0.15, 0.2) is 0 Å². The van der Waals surface area contributed by atoms with Gasteiger partial charge >= 0.3 is 5.97 Å². The van der Waals surface area contributed by atoms with Gasteiger partial charge in [0.1, 0.15) is 5.82 Å². The Bertz CT molecular complexity index is 613. The standard InChI is InChI=1S/C13H15FN4O2/c1-8(6-18-3-2-16-7-18)17-12-5-10(14)9(13(19)20)4-11(12)15/h2-5,7-8,17H,6,15H2,1H3,(H,19,20). The first-order valence-corrected chi connectivity index (χ1v) is 6.02. The summed E-state index contributed by atoms with van der Waals surface area (Å²) < 4.78 is 15.5. The molecule has 1 aromatic carbocycles. The van der Waals surface area contributed by atoms with Crippen LogP contribution in [-0.4, -0.2) is 26.7 Å². The van der Waals surface area contributed by atoms with Crippen molar-refractivity contribution in [2.24, 2.45) is 0 Å². The highest BCUT2D eigenvalue weighted by Crippen LogP contribution is 2.24. The van der Waals surface area contributed by atoms with Gasteiger partial charge in [-0.2, -0.15) is 0 Å². The Morgan fingerprint density at radius 2 is 2.35 bits per heavy atom. The number of benzene rings is 1. The smallest absolute Gasteiger partial charge is 0.338 e. The summed E-state index contributed by atoms with van der Waals surface area (Å²) in [5.41, 5.74) is 5.87. The number of nitrogens with one attached hydrogen (secondary N) is 1. The largest absolute Gasteiger partial charge is 0.478 e. The van der Waals surface area contributed by atoms with Crippen LogP contribution in [0.2, 0.25) is 0 Å². The molecule has 4 N–H and O–H groups in total. The molecule has 1 aromatic heterocycles. The molecule has 0 aliphatic heterocycles. The van der Waals surface area contributed by atoms with E-state index in [-0.39, 0.29) is 11.7 Å². The molecular weight excluding hydrogens is 263 g/mol. The lowest BCUT2D eigenvalue weighted by Crippen LogP contribution is -2.22. The fourth-order valence-corrected chi connectivity index (χ4v) is 1.90. The number of nitrogen functional groups attached to an aromatic ring is 1. The second-order valence-corrected chi connectivity index (χ2v) is 4.53. The zero-order valence-corrected chi connectivity index (χ0v) is 10.9. The fourth-order valence-electron chi connectivity index (χ4n) is 1.90. The summed E-state index contributed by atoms with van der Waals surface area (Å²) in [5, 5.41) is 11.9. The van der Waals surface area contributed by atoms with E-state index in [0.717, 1.165) is 12.1 Å². The zero-order chi connectivity index (χ0) is 14.7. The van der Waals surface area contributed by atoms with Gasteiger partial charge < -0.3 is 20.7 Å². The Morgan fingerprint density at radius 1 is 1.60 bits per heavy atom. The number of carboxylic acid groups (broad SMARTS) is 1. The monoisotopic (exact) mass is 278 g/mol. The molecule has 20 heavy (non-hydrogen) atoms. The molecule has 0 saturated heterocycles. The molecule has 1 atom stereocenters. The van der Waals surface area contributed by atoms with E-state index in [4.69, 9.17) is 10.8 Å². The van der Waals surface area contributed by atoms with Gasteiger partial charge in [-0.1, -0.05) is 0 Å². The van der Waals surface area contributed by atoms with Crippen molar-refractivity contribution in [3.63, 3.8) is 0 Å². The SMILES string of the molecule is CC(Cn1ccnc1)Nc1cc(F)c(C(=O)O)cc1N. The molecule has 1 heterocycles. The molecule has 0 aliphatic carbocycles. The third-order valence-corrected chi connectivity index (χ3v) is 2.82. The highest BCUT2D eigenvalue weighted by molar-refractivity contribution is 5.90. The maximum absolute atomic E-state index is 13.6. The van der Waals surface area contributed by atoms with Gasteiger partial charge in [0, 0.05) is 25.0 Å². The number of aromatic carboxylic acids is 1. The lowest BCUT2D eigenvalue weighted by atomic mass is 10.1. The van der Waals surface area contributed by atoms with E-state index in [1.807, 2.05) is 17.7 Å². The number of aromatic nitrogens is 2. The maximum atomic E-state index is 13.6. The van der Waals surface area contributed by atoms with Crippen molar-refractivity contribution in [1.82, 2.24) is 9.55 Å². The number of nitrogens with zero attached hydrogens (tertiary/aromatic N) is 2. The van der Waals surface area contributed by atoms with Crippen LogP contribution in [-0.2, 0) is 6.54 Å². The average molecular weight is 278 g/mol. The van der Waals surface area contributed by atoms with E-state index >= 15 is 0 Å². The van der Waals surface area contributed by atoms with E-state index in [1.165, 1.54) is 0 Å². The summed E-state index contributed by atoms with van der Waals surface area (Å²) in [6.07, 6.45) is 5.16. The molecule has 0 saturated carbocycles. The highest BCUT2D eigenvalue weighted by atomic mass is 19.1. The van der Waals surface area contributed by atoms with Crippen molar-refractivity contribution in [3.8, 4) is 0 Å². The highest BCUT2D eigenvalue weighted by Gasteiger charge is 2.14. The van der Waals surface area contributed by atoms with Crippen LogP contribution in [0, 0.1) is 5.82 Å². The van der Waals surface area contributed by atoms with Crippen LogP contribution in [0.3, 0.4) is 0 Å². The summed E-state index contributed by atoms with van der Waals surface area (Å²) in [5.74, 6) is -2.16. The van der Waals surface area contributed by atoms with Gasteiger partial charge in [-0.25, -0.2) is 14.2 Å². The second-order valence-electron chi connectivity index (χ2n) is 4.53. The van der Waals surface area contributed by atoms with Gasteiger partial charge in [0.05, 0.1) is 23.3 Å². The Labute approximate surface area is 115 Å². The van der Waals surface area contributed by atoms with Crippen LogP contribution in [0.25, 0.3) is 0 Å². The van der Waals surface area contributed by atoms with Crippen molar-refractivity contribution < 1.29 is 14.3 Å². The predicted molar refractivity (Wildman–Crippen MR) is 73.1 cm³/mol.